The maximum atomic E-state index is 11.1. The molecule has 21 heavy (non-hydrogen) atoms. The largest absolute Gasteiger partial charge is 0.484 e. The SMILES string of the molecule is CC(C)Oc1cc(N2CCNCC2(C)C)ccc1[N+](=O)[O-]. The molecule has 116 valence electrons. The van der Waals surface area contributed by atoms with Gasteiger partial charge in [0.15, 0.2) is 5.75 Å². The number of benzene rings is 1. The van der Waals surface area contributed by atoms with E-state index in [0.29, 0.717) is 5.75 Å². The Labute approximate surface area is 125 Å². The molecule has 0 saturated carbocycles. The Kier molecular flexibility index (Phi) is 4.37. The summed E-state index contributed by atoms with van der Waals surface area (Å²) in [6.45, 7) is 10.7. The van der Waals surface area contributed by atoms with Crippen molar-refractivity contribution in [3.8, 4) is 5.75 Å². The van der Waals surface area contributed by atoms with Crippen molar-refractivity contribution < 1.29 is 9.66 Å². The smallest absolute Gasteiger partial charge is 0.311 e. The monoisotopic (exact) mass is 293 g/mol. The third-order valence-corrected chi connectivity index (χ3v) is 3.61. The van der Waals surface area contributed by atoms with E-state index in [-0.39, 0.29) is 17.3 Å². The molecule has 0 spiro atoms. The summed E-state index contributed by atoms with van der Waals surface area (Å²) in [6.07, 6.45) is -0.102. The standard InChI is InChI=1S/C15H23N3O3/c1-11(2)21-14-9-12(5-6-13(14)18(19)20)17-8-7-16-10-15(17,3)4/h5-6,9,11,16H,7-8,10H2,1-4H3. The minimum Gasteiger partial charge on any atom is -0.484 e. The van der Waals surface area contributed by atoms with Crippen LogP contribution in [0.25, 0.3) is 0 Å². The van der Waals surface area contributed by atoms with Gasteiger partial charge in [-0.1, -0.05) is 0 Å². The highest BCUT2D eigenvalue weighted by Gasteiger charge is 2.31. The topological polar surface area (TPSA) is 67.6 Å². The van der Waals surface area contributed by atoms with Crippen LogP contribution >= 0.6 is 0 Å². The molecule has 1 aliphatic rings. The summed E-state index contributed by atoms with van der Waals surface area (Å²) in [6, 6.07) is 5.12. The average molecular weight is 293 g/mol. The van der Waals surface area contributed by atoms with Gasteiger partial charge in [0.1, 0.15) is 0 Å². The number of anilines is 1. The van der Waals surface area contributed by atoms with Gasteiger partial charge in [0.05, 0.1) is 11.0 Å². The predicted molar refractivity (Wildman–Crippen MR) is 83.2 cm³/mol. The van der Waals surface area contributed by atoms with Crippen molar-refractivity contribution in [3.05, 3.63) is 28.3 Å². The first-order chi connectivity index (χ1) is 9.81. The Balaban J connectivity index is 2.38. The van der Waals surface area contributed by atoms with Gasteiger partial charge in [-0.15, -0.1) is 0 Å². The Morgan fingerprint density at radius 3 is 2.71 bits per heavy atom. The van der Waals surface area contributed by atoms with E-state index in [9.17, 15) is 10.1 Å². The minimum absolute atomic E-state index is 0.0143. The molecule has 0 radical (unpaired) electrons. The highest BCUT2D eigenvalue weighted by Crippen LogP contribution is 2.35. The normalized spacial score (nSPS) is 17.9. The Morgan fingerprint density at radius 1 is 1.43 bits per heavy atom. The molecule has 2 rings (SSSR count). The lowest BCUT2D eigenvalue weighted by Crippen LogP contribution is -2.58. The van der Waals surface area contributed by atoms with E-state index >= 15 is 0 Å². The second-order valence-electron chi connectivity index (χ2n) is 6.22. The van der Waals surface area contributed by atoms with Crippen LogP contribution in [0, 0.1) is 10.1 Å². The van der Waals surface area contributed by atoms with Gasteiger partial charge in [-0.25, -0.2) is 0 Å². The van der Waals surface area contributed by atoms with E-state index < -0.39 is 4.92 Å². The van der Waals surface area contributed by atoms with Crippen LogP contribution in [0.3, 0.4) is 0 Å². The first-order valence-corrected chi connectivity index (χ1v) is 7.25. The number of nitrogens with zero attached hydrogens (tertiary/aromatic N) is 2. The number of hydrogen-bond acceptors (Lipinski definition) is 5. The molecule has 0 amide bonds. The molecule has 1 N–H and O–H groups in total. The number of rotatable bonds is 4. The second-order valence-corrected chi connectivity index (χ2v) is 6.22. The highest BCUT2D eigenvalue weighted by molar-refractivity contribution is 5.60. The van der Waals surface area contributed by atoms with Gasteiger partial charge in [-0.2, -0.15) is 0 Å². The highest BCUT2D eigenvalue weighted by atomic mass is 16.6. The molecule has 0 unspecified atom stereocenters. The summed E-state index contributed by atoms with van der Waals surface area (Å²) in [5, 5.41) is 14.5. The van der Waals surface area contributed by atoms with Crippen LogP contribution in [0.5, 0.6) is 5.75 Å². The van der Waals surface area contributed by atoms with Crippen LogP contribution in [-0.4, -0.2) is 36.2 Å². The molecular weight excluding hydrogens is 270 g/mol. The Bertz CT molecular complexity index is 529. The first-order valence-electron chi connectivity index (χ1n) is 7.25. The third kappa shape index (κ3) is 3.44. The van der Waals surface area contributed by atoms with E-state index in [1.54, 1.807) is 12.1 Å². The van der Waals surface area contributed by atoms with E-state index in [1.807, 2.05) is 13.8 Å². The molecule has 1 aromatic rings. The number of hydrogen-bond donors (Lipinski definition) is 1. The van der Waals surface area contributed by atoms with E-state index in [0.717, 1.165) is 25.3 Å². The molecule has 1 heterocycles. The van der Waals surface area contributed by atoms with Gasteiger partial charge < -0.3 is 15.0 Å². The maximum Gasteiger partial charge on any atom is 0.311 e. The quantitative estimate of drug-likeness (QED) is 0.682. The van der Waals surface area contributed by atoms with Gasteiger partial charge in [0.2, 0.25) is 0 Å². The lowest BCUT2D eigenvalue weighted by molar-refractivity contribution is -0.386. The minimum atomic E-state index is -0.398. The molecule has 1 aliphatic heterocycles. The van der Waals surface area contributed by atoms with Crippen LogP contribution in [-0.2, 0) is 0 Å². The fourth-order valence-corrected chi connectivity index (χ4v) is 2.63. The molecular formula is C15H23N3O3. The van der Waals surface area contributed by atoms with Crippen molar-refractivity contribution in [1.29, 1.82) is 0 Å². The molecule has 0 atom stereocenters. The van der Waals surface area contributed by atoms with E-state index in [1.165, 1.54) is 6.07 Å². The van der Waals surface area contributed by atoms with Crippen LogP contribution in [0.2, 0.25) is 0 Å². The van der Waals surface area contributed by atoms with E-state index in [4.69, 9.17) is 4.74 Å². The van der Waals surface area contributed by atoms with Crippen molar-refractivity contribution in [2.45, 2.75) is 39.3 Å². The van der Waals surface area contributed by atoms with Gasteiger partial charge in [0, 0.05) is 43.0 Å². The van der Waals surface area contributed by atoms with Crippen molar-refractivity contribution in [2.24, 2.45) is 0 Å². The summed E-state index contributed by atoms with van der Waals surface area (Å²) in [5.41, 5.74) is 0.937. The summed E-state index contributed by atoms with van der Waals surface area (Å²) in [5.74, 6) is 0.335. The van der Waals surface area contributed by atoms with E-state index in [2.05, 4.69) is 24.1 Å². The first kappa shape index (κ1) is 15.6. The zero-order valence-corrected chi connectivity index (χ0v) is 13.0. The lowest BCUT2D eigenvalue weighted by atomic mass is 9.99. The summed E-state index contributed by atoms with van der Waals surface area (Å²) in [7, 11) is 0. The predicted octanol–water partition coefficient (Wildman–Crippen LogP) is 2.57. The molecule has 0 bridgehead atoms. The molecule has 1 saturated heterocycles. The van der Waals surface area contributed by atoms with Crippen molar-refractivity contribution in [1.82, 2.24) is 5.32 Å². The second kappa shape index (κ2) is 5.89. The number of nitro groups is 1. The van der Waals surface area contributed by atoms with Crippen molar-refractivity contribution in [3.63, 3.8) is 0 Å². The molecule has 1 aromatic carbocycles. The third-order valence-electron chi connectivity index (χ3n) is 3.61. The van der Waals surface area contributed by atoms with Gasteiger partial charge in [0.25, 0.3) is 0 Å². The van der Waals surface area contributed by atoms with Crippen LogP contribution < -0.4 is 15.0 Å². The molecule has 0 aliphatic carbocycles. The summed E-state index contributed by atoms with van der Waals surface area (Å²) < 4.78 is 5.62. The molecule has 6 heteroatoms. The lowest BCUT2D eigenvalue weighted by Gasteiger charge is -2.44. The summed E-state index contributed by atoms with van der Waals surface area (Å²) >= 11 is 0. The Morgan fingerprint density at radius 2 is 2.14 bits per heavy atom. The number of piperazine rings is 1. The number of nitro benzene ring substituents is 1. The molecule has 1 fully saturated rings. The zero-order valence-electron chi connectivity index (χ0n) is 13.0. The zero-order chi connectivity index (χ0) is 15.6. The molecule has 0 aromatic heterocycles. The fraction of sp³-hybridized carbons (Fsp3) is 0.600. The van der Waals surface area contributed by atoms with Crippen LogP contribution in [0.15, 0.2) is 18.2 Å². The van der Waals surface area contributed by atoms with Gasteiger partial charge >= 0.3 is 5.69 Å². The van der Waals surface area contributed by atoms with Crippen molar-refractivity contribution in [2.75, 3.05) is 24.5 Å². The van der Waals surface area contributed by atoms with Gasteiger partial charge in [-0.3, -0.25) is 10.1 Å². The van der Waals surface area contributed by atoms with Crippen LogP contribution in [0.4, 0.5) is 11.4 Å². The van der Waals surface area contributed by atoms with Crippen LogP contribution in [0.1, 0.15) is 27.7 Å². The number of nitrogens with one attached hydrogen (secondary N) is 1. The fourth-order valence-electron chi connectivity index (χ4n) is 2.63. The average Bonchev–Trinajstić information content (AvgIpc) is 2.37. The molecule has 6 nitrogen and oxygen atoms in total. The summed E-state index contributed by atoms with van der Waals surface area (Å²) in [4.78, 5) is 13.0. The Hall–Kier alpha value is -1.82. The maximum absolute atomic E-state index is 11.1. The number of ether oxygens (including phenoxy) is 1. The van der Waals surface area contributed by atoms with Crippen molar-refractivity contribution >= 4 is 11.4 Å². The van der Waals surface area contributed by atoms with Gasteiger partial charge in [-0.05, 0) is 33.8 Å².